The third-order valence-electron chi connectivity index (χ3n) is 5.15. The Morgan fingerprint density at radius 1 is 0.880 bits per heavy atom. The summed E-state index contributed by atoms with van der Waals surface area (Å²) in [6, 6.07) is 16.1. The van der Waals surface area contributed by atoms with Crippen molar-refractivity contribution in [3.63, 3.8) is 0 Å². The van der Waals surface area contributed by atoms with E-state index in [2.05, 4.69) is 16.0 Å². The van der Waals surface area contributed by atoms with Gasteiger partial charge < -0.3 is 4.98 Å². The standard InChI is InChI=1S/C22H22N2O/c25-22-21(18-9-5-2-6-10-18)19(16-11-13-23-14-12-16)15-20(24-22)17-7-3-1-4-8-17/h2,5-6,9-15,17H,1,3-4,7-8H2,(H,24,25). The molecule has 0 radical (unpaired) electrons. The number of nitrogens with one attached hydrogen (secondary N) is 1. The molecule has 25 heavy (non-hydrogen) atoms. The normalized spacial score (nSPS) is 15.2. The molecule has 0 saturated heterocycles. The van der Waals surface area contributed by atoms with Gasteiger partial charge in [0, 0.05) is 18.1 Å². The van der Waals surface area contributed by atoms with Crippen LogP contribution in [0.3, 0.4) is 0 Å². The highest BCUT2D eigenvalue weighted by molar-refractivity contribution is 5.82. The van der Waals surface area contributed by atoms with Gasteiger partial charge >= 0.3 is 0 Å². The monoisotopic (exact) mass is 330 g/mol. The van der Waals surface area contributed by atoms with Crippen molar-refractivity contribution < 1.29 is 0 Å². The van der Waals surface area contributed by atoms with Crippen LogP contribution in [-0.2, 0) is 0 Å². The van der Waals surface area contributed by atoms with E-state index in [1.807, 2.05) is 42.5 Å². The van der Waals surface area contributed by atoms with Crippen LogP contribution >= 0.6 is 0 Å². The zero-order valence-corrected chi connectivity index (χ0v) is 14.2. The first-order valence-electron chi connectivity index (χ1n) is 9.06. The molecule has 4 rings (SSSR count). The van der Waals surface area contributed by atoms with Crippen LogP contribution in [0.5, 0.6) is 0 Å². The summed E-state index contributed by atoms with van der Waals surface area (Å²) in [4.78, 5) is 20.3. The van der Waals surface area contributed by atoms with Crippen LogP contribution in [0.15, 0.2) is 65.7 Å². The van der Waals surface area contributed by atoms with Crippen molar-refractivity contribution >= 4 is 0 Å². The molecule has 1 aromatic carbocycles. The molecule has 0 amide bonds. The summed E-state index contributed by atoms with van der Waals surface area (Å²) < 4.78 is 0. The molecule has 3 nitrogen and oxygen atoms in total. The molecule has 2 aromatic heterocycles. The molecule has 1 saturated carbocycles. The quantitative estimate of drug-likeness (QED) is 0.721. The molecule has 1 aliphatic rings. The fourth-order valence-corrected chi connectivity index (χ4v) is 3.86. The van der Waals surface area contributed by atoms with Gasteiger partial charge in [0.2, 0.25) is 0 Å². The van der Waals surface area contributed by atoms with Crippen LogP contribution in [0.1, 0.15) is 43.7 Å². The molecule has 3 aromatic rings. The second-order valence-corrected chi connectivity index (χ2v) is 6.78. The molecule has 1 aliphatic carbocycles. The van der Waals surface area contributed by atoms with Gasteiger partial charge in [-0.15, -0.1) is 0 Å². The SMILES string of the molecule is O=c1[nH]c(C2CCCCC2)cc(-c2ccncc2)c1-c1ccccc1. The lowest BCUT2D eigenvalue weighted by Gasteiger charge is -2.23. The average Bonchev–Trinajstić information content (AvgIpc) is 2.69. The number of pyridine rings is 2. The van der Waals surface area contributed by atoms with E-state index < -0.39 is 0 Å². The van der Waals surface area contributed by atoms with E-state index in [1.54, 1.807) is 12.4 Å². The Hall–Kier alpha value is -2.68. The predicted octanol–water partition coefficient (Wildman–Crippen LogP) is 5.15. The summed E-state index contributed by atoms with van der Waals surface area (Å²) in [5.74, 6) is 0.465. The van der Waals surface area contributed by atoms with Crippen LogP contribution < -0.4 is 5.56 Å². The molecule has 1 N–H and O–H groups in total. The van der Waals surface area contributed by atoms with E-state index in [1.165, 1.54) is 19.3 Å². The van der Waals surface area contributed by atoms with Gasteiger partial charge in [-0.1, -0.05) is 49.6 Å². The van der Waals surface area contributed by atoms with Crippen molar-refractivity contribution in [2.75, 3.05) is 0 Å². The maximum Gasteiger partial charge on any atom is 0.256 e. The highest BCUT2D eigenvalue weighted by Gasteiger charge is 2.20. The van der Waals surface area contributed by atoms with E-state index in [9.17, 15) is 4.79 Å². The number of rotatable bonds is 3. The Morgan fingerprint density at radius 3 is 2.32 bits per heavy atom. The van der Waals surface area contributed by atoms with Crippen molar-refractivity contribution in [3.8, 4) is 22.3 Å². The van der Waals surface area contributed by atoms with Gasteiger partial charge in [0.05, 0.1) is 5.56 Å². The van der Waals surface area contributed by atoms with Crippen molar-refractivity contribution in [3.05, 3.63) is 77.0 Å². The molecular formula is C22H22N2O. The number of hydrogen-bond donors (Lipinski definition) is 1. The topological polar surface area (TPSA) is 45.8 Å². The second-order valence-electron chi connectivity index (χ2n) is 6.78. The lowest BCUT2D eigenvalue weighted by Crippen LogP contribution is -2.17. The van der Waals surface area contributed by atoms with Gasteiger partial charge in [0.25, 0.3) is 5.56 Å². The minimum Gasteiger partial charge on any atom is -0.325 e. The summed E-state index contributed by atoms with van der Waals surface area (Å²) in [5.41, 5.74) is 4.81. The first-order valence-corrected chi connectivity index (χ1v) is 9.06. The number of H-pyrrole nitrogens is 1. The van der Waals surface area contributed by atoms with Crippen LogP contribution in [0.25, 0.3) is 22.3 Å². The van der Waals surface area contributed by atoms with Crippen molar-refractivity contribution in [2.45, 2.75) is 38.0 Å². The molecule has 0 aliphatic heterocycles. The summed E-state index contributed by atoms with van der Waals surface area (Å²) in [6.07, 6.45) is 9.69. The zero-order valence-electron chi connectivity index (χ0n) is 14.2. The number of nitrogens with zero attached hydrogens (tertiary/aromatic N) is 1. The zero-order chi connectivity index (χ0) is 17.1. The van der Waals surface area contributed by atoms with Crippen LogP contribution in [0.4, 0.5) is 0 Å². The van der Waals surface area contributed by atoms with E-state index in [0.29, 0.717) is 5.92 Å². The number of benzene rings is 1. The second kappa shape index (κ2) is 7.06. The third kappa shape index (κ3) is 3.27. The minimum atomic E-state index is 0.00101. The Morgan fingerprint density at radius 2 is 1.60 bits per heavy atom. The van der Waals surface area contributed by atoms with Crippen LogP contribution in [0.2, 0.25) is 0 Å². The summed E-state index contributed by atoms with van der Waals surface area (Å²) >= 11 is 0. The largest absolute Gasteiger partial charge is 0.325 e. The van der Waals surface area contributed by atoms with Crippen molar-refractivity contribution in [2.24, 2.45) is 0 Å². The van der Waals surface area contributed by atoms with E-state index in [-0.39, 0.29) is 5.56 Å². The summed E-state index contributed by atoms with van der Waals surface area (Å²) in [5, 5.41) is 0. The highest BCUT2D eigenvalue weighted by atomic mass is 16.1. The van der Waals surface area contributed by atoms with Gasteiger partial charge in [-0.25, -0.2) is 0 Å². The third-order valence-corrected chi connectivity index (χ3v) is 5.15. The average molecular weight is 330 g/mol. The van der Waals surface area contributed by atoms with Crippen molar-refractivity contribution in [1.29, 1.82) is 0 Å². The molecule has 0 unspecified atom stereocenters. The Bertz CT molecular complexity index is 894. The maximum absolute atomic E-state index is 13.0. The van der Waals surface area contributed by atoms with Gasteiger partial charge in [0.15, 0.2) is 0 Å². The first kappa shape index (κ1) is 15.8. The van der Waals surface area contributed by atoms with Crippen LogP contribution in [-0.4, -0.2) is 9.97 Å². The molecule has 126 valence electrons. The fourth-order valence-electron chi connectivity index (χ4n) is 3.86. The number of aromatic nitrogens is 2. The van der Waals surface area contributed by atoms with Gasteiger partial charge in [-0.2, -0.15) is 0 Å². The summed E-state index contributed by atoms with van der Waals surface area (Å²) in [6.45, 7) is 0. The van der Waals surface area contributed by atoms with Gasteiger partial charge in [-0.05, 0) is 53.6 Å². The van der Waals surface area contributed by atoms with E-state index >= 15 is 0 Å². The molecule has 2 heterocycles. The van der Waals surface area contributed by atoms with Crippen molar-refractivity contribution in [1.82, 2.24) is 9.97 Å². The Balaban J connectivity index is 1.90. The molecule has 0 spiro atoms. The van der Waals surface area contributed by atoms with E-state index in [4.69, 9.17) is 0 Å². The molecule has 0 atom stereocenters. The molecular weight excluding hydrogens is 308 g/mol. The lowest BCUT2D eigenvalue weighted by molar-refractivity contribution is 0.436. The fraction of sp³-hybridized carbons (Fsp3) is 0.273. The molecule has 1 fully saturated rings. The van der Waals surface area contributed by atoms with Gasteiger partial charge in [0.1, 0.15) is 0 Å². The predicted molar refractivity (Wildman–Crippen MR) is 102 cm³/mol. The first-order chi connectivity index (χ1) is 12.3. The van der Waals surface area contributed by atoms with Crippen LogP contribution in [0, 0.1) is 0 Å². The lowest BCUT2D eigenvalue weighted by atomic mass is 9.85. The molecule has 3 heteroatoms. The smallest absolute Gasteiger partial charge is 0.256 e. The highest BCUT2D eigenvalue weighted by Crippen LogP contribution is 2.35. The summed E-state index contributed by atoms with van der Waals surface area (Å²) in [7, 11) is 0. The minimum absolute atomic E-state index is 0.00101. The molecule has 0 bridgehead atoms. The maximum atomic E-state index is 13.0. The Labute approximate surface area is 147 Å². The van der Waals surface area contributed by atoms with Gasteiger partial charge in [-0.3, -0.25) is 9.78 Å². The number of hydrogen-bond acceptors (Lipinski definition) is 2. The van der Waals surface area contributed by atoms with E-state index in [0.717, 1.165) is 40.8 Å². The Kier molecular flexibility index (Phi) is 4.47. The number of aromatic amines is 1.